The van der Waals surface area contributed by atoms with Crippen LogP contribution in [0.4, 0.5) is 0 Å². The first-order valence-corrected chi connectivity index (χ1v) is 9.87. The molecule has 0 aliphatic carbocycles. The minimum Gasteiger partial charge on any atom is -0.478 e. The Morgan fingerprint density at radius 1 is 0.889 bits per heavy atom. The van der Waals surface area contributed by atoms with Crippen LogP contribution in [0.15, 0.2) is 24.3 Å². The second-order valence-corrected chi connectivity index (χ2v) is 8.41. The Morgan fingerprint density at radius 2 is 1.22 bits per heavy atom. The van der Waals surface area contributed by atoms with Gasteiger partial charge in [0, 0.05) is 0 Å². The fourth-order valence-corrected chi connectivity index (χ4v) is 5.35. The molecule has 0 amide bonds. The van der Waals surface area contributed by atoms with Crippen LogP contribution in [0.5, 0.6) is 0 Å². The molecule has 0 unspecified atom stereocenters. The molecule has 1 aliphatic heterocycles. The quantitative estimate of drug-likeness (QED) is 0.814. The summed E-state index contributed by atoms with van der Waals surface area (Å²) in [6, 6.07) is 5.02. The van der Waals surface area contributed by atoms with E-state index in [1.807, 2.05) is 0 Å². The first kappa shape index (κ1) is 16.7. The van der Waals surface area contributed by atoms with E-state index in [1.54, 1.807) is 22.9 Å². The van der Waals surface area contributed by atoms with Gasteiger partial charge in [-0.25, -0.2) is 9.59 Å². The maximum absolute atomic E-state index is 10.3. The SMILES string of the molecule is C1C[CH2][Zn][CH2]1.O.O=C(O)c1ccc(C(=O)O)cc1. The van der Waals surface area contributed by atoms with Crippen molar-refractivity contribution in [3.05, 3.63) is 35.4 Å². The van der Waals surface area contributed by atoms with Gasteiger partial charge in [0.1, 0.15) is 0 Å². The molecular formula is C12H16O5Zn. The zero-order valence-electron chi connectivity index (χ0n) is 10.1. The third-order valence-electron chi connectivity index (χ3n) is 2.63. The number of carboxylic acids is 2. The summed E-state index contributed by atoms with van der Waals surface area (Å²) in [4.78, 5) is 20.7. The van der Waals surface area contributed by atoms with E-state index in [0.29, 0.717) is 0 Å². The molecule has 18 heavy (non-hydrogen) atoms. The fraction of sp³-hybridized carbons (Fsp3) is 0.333. The number of benzene rings is 1. The summed E-state index contributed by atoms with van der Waals surface area (Å²) in [6.45, 7) is 0. The third kappa shape index (κ3) is 5.89. The molecular weight excluding hydrogens is 290 g/mol. The molecule has 0 spiro atoms. The summed E-state index contributed by atoms with van der Waals surface area (Å²) in [7, 11) is 0. The van der Waals surface area contributed by atoms with Crippen molar-refractivity contribution in [3.63, 3.8) is 0 Å². The molecule has 0 radical (unpaired) electrons. The van der Waals surface area contributed by atoms with E-state index >= 15 is 0 Å². The summed E-state index contributed by atoms with van der Waals surface area (Å²) >= 11 is 0.208. The van der Waals surface area contributed by atoms with Gasteiger partial charge in [-0.1, -0.05) is 0 Å². The predicted molar refractivity (Wildman–Crippen MR) is 62.8 cm³/mol. The van der Waals surface area contributed by atoms with Gasteiger partial charge in [-0.3, -0.25) is 0 Å². The van der Waals surface area contributed by atoms with E-state index in [0.717, 1.165) is 0 Å². The Bertz CT molecular complexity index is 343. The summed E-state index contributed by atoms with van der Waals surface area (Å²) in [5.41, 5.74) is 0.167. The van der Waals surface area contributed by atoms with Gasteiger partial charge in [-0.05, 0) is 24.3 Å². The van der Waals surface area contributed by atoms with E-state index in [-0.39, 0.29) is 33.7 Å². The van der Waals surface area contributed by atoms with Crippen molar-refractivity contribution in [3.8, 4) is 0 Å². The number of carboxylic acid groups (broad SMARTS) is 2. The van der Waals surface area contributed by atoms with Gasteiger partial charge in [0.05, 0.1) is 11.1 Å². The molecule has 1 aromatic carbocycles. The predicted octanol–water partition coefficient (Wildman–Crippen LogP) is 1.96. The molecule has 1 aromatic rings. The van der Waals surface area contributed by atoms with Gasteiger partial charge in [0.25, 0.3) is 0 Å². The Morgan fingerprint density at radius 3 is 1.39 bits per heavy atom. The summed E-state index contributed by atoms with van der Waals surface area (Å²) < 4.78 is 0. The van der Waals surface area contributed by atoms with Gasteiger partial charge in [-0.2, -0.15) is 0 Å². The molecule has 1 aliphatic rings. The number of hydrogen-bond donors (Lipinski definition) is 2. The van der Waals surface area contributed by atoms with Gasteiger partial charge >= 0.3 is 51.9 Å². The summed E-state index contributed by atoms with van der Waals surface area (Å²) in [5, 5.41) is 20.3. The minimum absolute atomic E-state index is 0. The minimum atomic E-state index is -1.06. The maximum Gasteiger partial charge on any atom is 0.335 e. The second kappa shape index (κ2) is 8.78. The molecule has 0 saturated carbocycles. The van der Waals surface area contributed by atoms with Crippen molar-refractivity contribution in [2.75, 3.05) is 0 Å². The molecule has 5 nitrogen and oxygen atoms in total. The van der Waals surface area contributed by atoms with Gasteiger partial charge in [0.2, 0.25) is 0 Å². The normalized spacial score (nSPS) is 12.0. The molecule has 96 valence electrons. The Balaban J connectivity index is 0.000000405. The number of hydrogen-bond acceptors (Lipinski definition) is 2. The molecule has 1 heterocycles. The molecule has 1 fully saturated rings. The molecule has 2 rings (SSSR count). The van der Waals surface area contributed by atoms with Crippen LogP contribution in [0.25, 0.3) is 0 Å². The van der Waals surface area contributed by atoms with E-state index in [2.05, 4.69) is 0 Å². The molecule has 4 N–H and O–H groups in total. The molecule has 6 heteroatoms. The molecule has 0 bridgehead atoms. The zero-order chi connectivity index (χ0) is 12.7. The standard InChI is InChI=1S/C8H6O4.C4H8.H2O.Zn/c9-7(10)5-1-2-6(4-3-5)8(11)12;1-3-4-2;;/h1-4H,(H,9,10)(H,11,12);1-4H2;1H2;. The Labute approximate surface area is 113 Å². The fourth-order valence-electron chi connectivity index (χ4n) is 1.64. The third-order valence-corrected chi connectivity index (χ3v) is 6.82. The van der Waals surface area contributed by atoms with Crippen molar-refractivity contribution >= 4 is 11.9 Å². The van der Waals surface area contributed by atoms with Crippen molar-refractivity contribution in [2.24, 2.45) is 0 Å². The van der Waals surface area contributed by atoms with Crippen LogP contribution >= 0.6 is 0 Å². The maximum atomic E-state index is 10.3. The van der Waals surface area contributed by atoms with E-state index in [1.165, 1.54) is 24.3 Å². The number of aromatic carboxylic acids is 2. The second-order valence-electron chi connectivity index (χ2n) is 3.96. The Kier molecular flexibility index (Phi) is 8.17. The van der Waals surface area contributed by atoms with Crippen LogP contribution in [-0.4, -0.2) is 27.6 Å². The number of carbonyl (C=O) groups is 2. The van der Waals surface area contributed by atoms with Crippen LogP contribution in [0.1, 0.15) is 33.6 Å². The van der Waals surface area contributed by atoms with Gasteiger partial charge in [0.15, 0.2) is 0 Å². The molecule has 1 saturated heterocycles. The first-order valence-electron chi connectivity index (χ1n) is 5.68. The smallest absolute Gasteiger partial charge is 0.335 e. The average molecular weight is 306 g/mol. The van der Waals surface area contributed by atoms with Crippen LogP contribution < -0.4 is 0 Å². The van der Waals surface area contributed by atoms with Crippen LogP contribution in [0.2, 0.25) is 10.0 Å². The summed E-state index contributed by atoms with van der Waals surface area (Å²) in [6.07, 6.45) is 3.17. The van der Waals surface area contributed by atoms with Gasteiger partial charge < -0.3 is 15.7 Å². The van der Waals surface area contributed by atoms with Crippen LogP contribution in [0.3, 0.4) is 0 Å². The Hall–Kier alpha value is -1.26. The van der Waals surface area contributed by atoms with Crippen LogP contribution in [-0.2, 0) is 17.1 Å². The van der Waals surface area contributed by atoms with E-state index in [4.69, 9.17) is 10.2 Å². The zero-order valence-corrected chi connectivity index (χ0v) is 13.0. The van der Waals surface area contributed by atoms with Crippen molar-refractivity contribution in [1.82, 2.24) is 0 Å². The van der Waals surface area contributed by atoms with Crippen LogP contribution in [0, 0.1) is 0 Å². The molecule has 0 aromatic heterocycles. The summed E-state index contributed by atoms with van der Waals surface area (Å²) in [5.74, 6) is -2.13. The largest absolute Gasteiger partial charge is 0.478 e. The average Bonchev–Trinajstić information content (AvgIpc) is 2.87. The van der Waals surface area contributed by atoms with E-state index < -0.39 is 11.9 Å². The molecule has 0 atom stereocenters. The first-order chi connectivity index (χ1) is 8.11. The van der Waals surface area contributed by atoms with Gasteiger partial charge in [-0.15, -0.1) is 0 Å². The van der Waals surface area contributed by atoms with Crippen molar-refractivity contribution < 1.29 is 42.4 Å². The van der Waals surface area contributed by atoms with E-state index in [9.17, 15) is 9.59 Å². The topological polar surface area (TPSA) is 106 Å². The number of rotatable bonds is 2. The van der Waals surface area contributed by atoms with Crippen molar-refractivity contribution in [1.29, 1.82) is 0 Å². The monoisotopic (exact) mass is 304 g/mol. The van der Waals surface area contributed by atoms with Crippen molar-refractivity contribution in [2.45, 2.75) is 22.9 Å².